The maximum Gasteiger partial charge on any atom is 0.0616 e. The van der Waals surface area contributed by atoms with Gasteiger partial charge in [-0.1, -0.05) is 62.4 Å². The van der Waals surface area contributed by atoms with Gasteiger partial charge in [0.1, 0.15) is 0 Å². The maximum atomic E-state index is 11.7. The zero-order valence-electron chi connectivity index (χ0n) is 27.2. The van der Waals surface area contributed by atoms with Gasteiger partial charge in [0.2, 0.25) is 0 Å². The number of hydrogen-bond donors (Lipinski definition) is 0. The van der Waals surface area contributed by atoms with Crippen LogP contribution in [0.25, 0.3) is 0 Å². The molecule has 0 aliphatic heterocycles. The molecular formula is C38H50N2O4Ti-4. The number of hydrogen-bond acceptors (Lipinski definition) is 6. The fraction of sp³-hybridized carbons (Fsp3) is 0.632. The number of aliphatic imine (C=N–C) groups is 2. The van der Waals surface area contributed by atoms with Gasteiger partial charge in [-0.15, -0.1) is 24.7 Å². The van der Waals surface area contributed by atoms with Crippen molar-refractivity contribution in [1.29, 1.82) is 0 Å². The van der Waals surface area contributed by atoms with Gasteiger partial charge in [0.25, 0.3) is 0 Å². The van der Waals surface area contributed by atoms with Crippen molar-refractivity contribution in [3.8, 4) is 11.5 Å². The second-order valence-corrected chi connectivity index (χ2v) is 14.5. The van der Waals surface area contributed by atoms with Gasteiger partial charge in [-0.05, 0) is 124 Å². The van der Waals surface area contributed by atoms with Crippen molar-refractivity contribution >= 4 is 12.4 Å². The van der Waals surface area contributed by atoms with Gasteiger partial charge in [-0.25, -0.2) is 0 Å². The molecule has 0 radical (unpaired) electrons. The summed E-state index contributed by atoms with van der Waals surface area (Å²) >= 11 is 0. The van der Waals surface area contributed by atoms with Crippen molar-refractivity contribution < 1.29 is 42.1 Å². The Morgan fingerprint density at radius 1 is 0.556 bits per heavy atom. The Hall–Kier alpha value is -1.99. The molecule has 0 N–H and O–H groups in total. The fourth-order valence-corrected chi connectivity index (χ4v) is 10.0. The van der Waals surface area contributed by atoms with Crippen molar-refractivity contribution in [2.24, 2.45) is 45.5 Å². The van der Waals surface area contributed by atoms with E-state index in [0.717, 1.165) is 46.6 Å². The predicted molar refractivity (Wildman–Crippen MR) is 170 cm³/mol. The summed E-state index contributed by atoms with van der Waals surface area (Å²) in [5.41, 5.74) is 1.85. The van der Waals surface area contributed by atoms with Crippen LogP contribution in [0.1, 0.15) is 102 Å². The molecule has 244 valence electrons. The Bertz CT molecular complexity index is 1110. The Kier molecular flexibility index (Phi) is 12.9. The summed E-state index contributed by atoms with van der Waals surface area (Å²) in [6.45, 7) is 3.14. The largest absolute Gasteiger partial charge is 0.872 e. The quantitative estimate of drug-likeness (QED) is 0.342. The van der Waals surface area contributed by atoms with Crippen LogP contribution in [0.4, 0.5) is 0 Å². The monoisotopic (exact) mass is 646 g/mol. The van der Waals surface area contributed by atoms with E-state index in [9.17, 15) is 10.2 Å². The van der Waals surface area contributed by atoms with Gasteiger partial charge in [-0.2, -0.15) is 0 Å². The number of rotatable bonds is 4. The minimum Gasteiger partial charge on any atom is -0.872 e. The molecule has 8 bridgehead atoms. The summed E-state index contributed by atoms with van der Waals surface area (Å²) in [7, 11) is 0. The summed E-state index contributed by atoms with van der Waals surface area (Å²) in [6, 6.07) is 14.4. The molecule has 2 aromatic rings. The van der Waals surface area contributed by atoms with E-state index in [1.54, 1.807) is 38.1 Å². The second kappa shape index (κ2) is 16.2. The third-order valence-corrected chi connectivity index (χ3v) is 10.8. The van der Waals surface area contributed by atoms with Crippen molar-refractivity contribution in [3.05, 3.63) is 59.7 Å². The third kappa shape index (κ3) is 9.09. The molecule has 6 nitrogen and oxygen atoms in total. The Labute approximate surface area is 285 Å². The van der Waals surface area contributed by atoms with Gasteiger partial charge < -0.3 is 20.4 Å². The van der Waals surface area contributed by atoms with E-state index >= 15 is 0 Å². The van der Waals surface area contributed by atoms with Gasteiger partial charge in [0, 0.05) is 34.1 Å². The molecule has 0 unspecified atom stereocenters. The van der Waals surface area contributed by atoms with Crippen LogP contribution in [0.5, 0.6) is 11.5 Å². The fourth-order valence-electron chi connectivity index (χ4n) is 10.0. The van der Waals surface area contributed by atoms with Crippen LogP contribution in [0, 0.1) is 35.5 Å². The van der Waals surface area contributed by atoms with E-state index in [1.165, 1.54) is 77.0 Å². The van der Waals surface area contributed by atoms with Crippen LogP contribution < -0.4 is 20.4 Å². The van der Waals surface area contributed by atoms with E-state index in [0.29, 0.717) is 0 Å². The van der Waals surface area contributed by atoms with Crippen LogP contribution in [-0.4, -0.2) is 36.7 Å². The average molecular weight is 647 g/mol. The molecule has 0 saturated heterocycles. The number of nitrogens with zero attached hydrogens (tertiary/aromatic N) is 2. The van der Waals surface area contributed by atoms with Gasteiger partial charge >= 0.3 is 0 Å². The minimum atomic E-state index is 0. The molecule has 0 atom stereocenters. The topological polar surface area (TPSA) is 117 Å². The van der Waals surface area contributed by atoms with E-state index < -0.39 is 0 Å². The molecule has 0 spiro atoms. The van der Waals surface area contributed by atoms with Crippen molar-refractivity contribution in [3.63, 3.8) is 0 Å². The molecule has 8 fully saturated rings. The third-order valence-electron chi connectivity index (χ3n) is 10.8. The number of para-hydroxylation sites is 2. The van der Waals surface area contributed by atoms with E-state index in [4.69, 9.17) is 20.2 Å². The Balaban J connectivity index is 0.000000172. The summed E-state index contributed by atoms with van der Waals surface area (Å²) < 4.78 is 0. The second-order valence-electron chi connectivity index (χ2n) is 14.5. The summed E-state index contributed by atoms with van der Waals surface area (Å²) in [6.07, 6.45) is 19.9. The molecule has 0 aromatic heterocycles. The van der Waals surface area contributed by atoms with Gasteiger partial charge in [0.15, 0.2) is 0 Å². The average Bonchev–Trinajstić information content (AvgIpc) is 2.96. The Morgan fingerprint density at radius 3 is 1.04 bits per heavy atom. The summed E-state index contributed by atoms with van der Waals surface area (Å²) in [5, 5.41) is 41.4. The predicted octanol–water partition coefficient (Wildman–Crippen LogP) is 5.03. The van der Waals surface area contributed by atoms with Crippen LogP contribution in [0.3, 0.4) is 0 Å². The van der Waals surface area contributed by atoms with Crippen LogP contribution in [0.15, 0.2) is 58.5 Å². The van der Waals surface area contributed by atoms with Crippen LogP contribution in [0.2, 0.25) is 0 Å². The number of benzene rings is 2. The normalized spacial score (nSPS) is 34.7. The van der Waals surface area contributed by atoms with Crippen molar-refractivity contribution in [2.45, 2.75) is 102 Å². The minimum absolute atomic E-state index is 0. The zero-order chi connectivity index (χ0) is 31.2. The van der Waals surface area contributed by atoms with E-state index in [2.05, 4.69) is 0 Å². The van der Waals surface area contributed by atoms with Gasteiger partial charge in [-0.3, -0.25) is 9.98 Å². The molecule has 7 heteroatoms. The molecular weight excluding hydrogens is 596 g/mol. The molecule has 45 heavy (non-hydrogen) atoms. The zero-order valence-corrected chi connectivity index (χ0v) is 28.7. The van der Waals surface area contributed by atoms with E-state index in [-0.39, 0.29) is 57.5 Å². The standard InChI is InChI=1S/2C17H21NO.2C2H5O.Ti/c2*19-16-4-2-1-3-15(16)11-18-17-8-12-5-13(9-17)7-14(6-12)10-17;2*1-2-3;/h2*1-4,11-14,19H,5-10H2;2*2H2,1H3;/q;;2*-1;/p-2. The molecule has 8 saturated carbocycles. The maximum absolute atomic E-state index is 11.7. The first-order chi connectivity index (χ1) is 21.3. The molecule has 10 rings (SSSR count). The summed E-state index contributed by atoms with van der Waals surface area (Å²) in [5.74, 6) is 5.64. The first-order valence-electron chi connectivity index (χ1n) is 17.1. The summed E-state index contributed by atoms with van der Waals surface area (Å²) in [4.78, 5) is 9.84. The van der Waals surface area contributed by atoms with Gasteiger partial charge in [0.05, 0.1) is 11.1 Å². The molecule has 0 heterocycles. The van der Waals surface area contributed by atoms with Crippen LogP contribution in [-0.2, 0) is 21.7 Å². The molecule has 8 aliphatic carbocycles. The SMILES string of the molecule is CC[O-].CC[O-].[O-]c1ccccc1C=NC12CC3CC(CC(C3)C1)C2.[O-]c1ccccc1C=NC12CC3CC(CC(C3)C1)C2.[Ti]. The van der Waals surface area contributed by atoms with Crippen molar-refractivity contribution in [1.82, 2.24) is 0 Å². The Morgan fingerprint density at radius 2 is 0.800 bits per heavy atom. The first kappa shape index (κ1) is 35.9. The first-order valence-corrected chi connectivity index (χ1v) is 17.1. The van der Waals surface area contributed by atoms with Crippen LogP contribution >= 0.6 is 0 Å². The smallest absolute Gasteiger partial charge is 0.0616 e. The van der Waals surface area contributed by atoms with E-state index in [1.807, 2.05) is 36.7 Å². The molecule has 2 aromatic carbocycles. The molecule has 8 aliphatic rings. The van der Waals surface area contributed by atoms with Crippen molar-refractivity contribution in [2.75, 3.05) is 13.2 Å². The molecule has 0 amide bonds.